The first-order valence-electron chi connectivity index (χ1n) is 6.14. The largest absolute Gasteiger partial charge is 0.384 e. The first-order chi connectivity index (χ1) is 7.26. The molecule has 1 fully saturated rings. The second-order valence-electron chi connectivity index (χ2n) is 4.72. The predicted molar refractivity (Wildman–Crippen MR) is 64.2 cm³/mol. The molecule has 90 valence electrons. The van der Waals surface area contributed by atoms with Crippen LogP contribution in [0.15, 0.2) is 0 Å². The lowest BCUT2D eigenvalue weighted by Crippen LogP contribution is -2.37. The SMILES string of the molecule is CNC(C)CCN1CCC(COC)CC1. The minimum Gasteiger partial charge on any atom is -0.384 e. The Labute approximate surface area is 94.2 Å². The van der Waals surface area contributed by atoms with Gasteiger partial charge in [0.2, 0.25) is 0 Å². The highest BCUT2D eigenvalue weighted by molar-refractivity contribution is 4.73. The number of rotatable bonds is 6. The molecule has 0 amide bonds. The first-order valence-corrected chi connectivity index (χ1v) is 6.14. The van der Waals surface area contributed by atoms with E-state index < -0.39 is 0 Å². The van der Waals surface area contributed by atoms with Crippen molar-refractivity contribution in [3.63, 3.8) is 0 Å². The van der Waals surface area contributed by atoms with Crippen molar-refractivity contribution in [1.29, 1.82) is 0 Å². The number of methoxy groups -OCH3 is 1. The number of piperidine rings is 1. The minimum absolute atomic E-state index is 0.640. The zero-order valence-electron chi connectivity index (χ0n) is 10.5. The van der Waals surface area contributed by atoms with E-state index >= 15 is 0 Å². The third-order valence-electron chi connectivity index (χ3n) is 3.48. The molecule has 1 aliphatic heterocycles. The lowest BCUT2D eigenvalue weighted by Gasteiger charge is -2.32. The van der Waals surface area contributed by atoms with Gasteiger partial charge in [0.1, 0.15) is 0 Å². The molecule has 1 aliphatic rings. The molecule has 0 aromatic heterocycles. The lowest BCUT2D eigenvalue weighted by atomic mass is 9.97. The zero-order valence-corrected chi connectivity index (χ0v) is 10.5. The number of hydrogen-bond donors (Lipinski definition) is 1. The van der Waals surface area contributed by atoms with Crippen LogP contribution in [0.1, 0.15) is 26.2 Å². The van der Waals surface area contributed by atoms with E-state index in [0.29, 0.717) is 6.04 Å². The third kappa shape index (κ3) is 4.96. The average Bonchev–Trinajstić information content (AvgIpc) is 2.28. The Kier molecular flexibility index (Phi) is 6.22. The highest BCUT2D eigenvalue weighted by Gasteiger charge is 2.18. The van der Waals surface area contributed by atoms with E-state index in [1.54, 1.807) is 7.11 Å². The van der Waals surface area contributed by atoms with Gasteiger partial charge in [0, 0.05) is 19.8 Å². The van der Waals surface area contributed by atoms with Crippen molar-refractivity contribution in [3.05, 3.63) is 0 Å². The summed E-state index contributed by atoms with van der Waals surface area (Å²) in [5.74, 6) is 0.799. The Morgan fingerprint density at radius 2 is 2.07 bits per heavy atom. The van der Waals surface area contributed by atoms with E-state index in [2.05, 4.69) is 17.1 Å². The van der Waals surface area contributed by atoms with Gasteiger partial charge >= 0.3 is 0 Å². The molecule has 0 bridgehead atoms. The van der Waals surface area contributed by atoms with Gasteiger partial charge in [0.25, 0.3) is 0 Å². The molecule has 0 saturated carbocycles. The Balaban J connectivity index is 2.09. The van der Waals surface area contributed by atoms with Gasteiger partial charge in [-0.15, -0.1) is 0 Å². The fraction of sp³-hybridized carbons (Fsp3) is 1.00. The molecule has 1 N–H and O–H groups in total. The predicted octanol–water partition coefficient (Wildman–Crippen LogP) is 1.34. The zero-order chi connectivity index (χ0) is 11.1. The number of nitrogens with zero attached hydrogens (tertiary/aromatic N) is 1. The van der Waals surface area contributed by atoms with Crippen LogP contribution in [0.3, 0.4) is 0 Å². The van der Waals surface area contributed by atoms with Crippen LogP contribution in [0, 0.1) is 5.92 Å². The van der Waals surface area contributed by atoms with Crippen LogP contribution >= 0.6 is 0 Å². The molecule has 1 unspecified atom stereocenters. The van der Waals surface area contributed by atoms with E-state index in [-0.39, 0.29) is 0 Å². The van der Waals surface area contributed by atoms with Crippen LogP contribution in [0.5, 0.6) is 0 Å². The van der Waals surface area contributed by atoms with Crippen molar-refractivity contribution in [2.45, 2.75) is 32.2 Å². The van der Waals surface area contributed by atoms with E-state index in [0.717, 1.165) is 12.5 Å². The molecule has 3 nitrogen and oxygen atoms in total. The van der Waals surface area contributed by atoms with Crippen LogP contribution in [0.25, 0.3) is 0 Å². The summed E-state index contributed by atoms with van der Waals surface area (Å²) in [5, 5.41) is 3.29. The maximum atomic E-state index is 5.20. The number of hydrogen-bond acceptors (Lipinski definition) is 3. The highest BCUT2D eigenvalue weighted by Crippen LogP contribution is 2.17. The van der Waals surface area contributed by atoms with Gasteiger partial charge in [-0.3, -0.25) is 0 Å². The summed E-state index contributed by atoms with van der Waals surface area (Å²) in [5.41, 5.74) is 0. The van der Waals surface area contributed by atoms with E-state index in [4.69, 9.17) is 4.74 Å². The monoisotopic (exact) mass is 214 g/mol. The molecule has 0 aliphatic carbocycles. The molecule has 0 aromatic carbocycles. The standard InChI is InChI=1S/C12H26N2O/c1-11(13-2)4-7-14-8-5-12(6-9-14)10-15-3/h11-13H,4-10H2,1-3H3. The Bertz CT molecular complexity index is 156. The summed E-state index contributed by atoms with van der Waals surface area (Å²) in [6.45, 7) is 6.94. The van der Waals surface area contributed by atoms with Crippen molar-refractivity contribution in [1.82, 2.24) is 10.2 Å². The maximum absolute atomic E-state index is 5.20. The van der Waals surface area contributed by atoms with Gasteiger partial charge in [0.05, 0.1) is 0 Å². The molecular formula is C12H26N2O. The van der Waals surface area contributed by atoms with E-state index in [1.807, 2.05) is 7.05 Å². The van der Waals surface area contributed by atoms with Crippen LogP contribution in [-0.2, 0) is 4.74 Å². The van der Waals surface area contributed by atoms with Gasteiger partial charge in [-0.05, 0) is 58.8 Å². The van der Waals surface area contributed by atoms with Gasteiger partial charge in [-0.2, -0.15) is 0 Å². The number of ether oxygens (including phenoxy) is 1. The summed E-state index contributed by atoms with van der Waals surface area (Å²) in [6.07, 6.45) is 3.87. The van der Waals surface area contributed by atoms with Crippen molar-refractivity contribution in [2.75, 3.05) is 40.4 Å². The van der Waals surface area contributed by atoms with E-state index in [9.17, 15) is 0 Å². The molecule has 0 radical (unpaired) electrons. The van der Waals surface area contributed by atoms with Crippen molar-refractivity contribution >= 4 is 0 Å². The molecule has 1 heterocycles. The van der Waals surface area contributed by atoms with Crippen molar-refractivity contribution in [2.24, 2.45) is 5.92 Å². The molecule has 1 atom stereocenters. The molecular weight excluding hydrogens is 188 g/mol. The molecule has 0 spiro atoms. The Morgan fingerprint density at radius 3 is 2.60 bits per heavy atom. The highest BCUT2D eigenvalue weighted by atomic mass is 16.5. The quantitative estimate of drug-likeness (QED) is 0.722. The van der Waals surface area contributed by atoms with Crippen molar-refractivity contribution in [3.8, 4) is 0 Å². The van der Waals surface area contributed by atoms with Crippen LogP contribution in [0.2, 0.25) is 0 Å². The lowest BCUT2D eigenvalue weighted by molar-refractivity contribution is 0.0981. The summed E-state index contributed by atoms with van der Waals surface area (Å²) >= 11 is 0. The second kappa shape index (κ2) is 7.20. The number of likely N-dealkylation sites (tertiary alicyclic amines) is 1. The second-order valence-corrected chi connectivity index (χ2v) is 4.72. The topological polar surface area (TPSA) is 24.5 Å². The average molecular weight is 214 g/mol. The summed E-state index contributed by atoms with van der Waals surface area (Å²) in [7, 11) is 3.84. The van der Waals surface area contributed by atoms with Gasteiger partial charge < -0.3 is 15.0 Å². The fourth-order valence-electron chi connectivity index (χ4n) is 2.13. The summed E-state index contributed by atoms with van der Waals surface area (Å²) in [6, 6.07) is 0.640. The molecule has 3 heteroatoms. The summed E-state index contributed by atoms with van der Waals surface area (Å²) < 4.78 is 5.20. The fourth-order valence-corrected chi connectivity index (χ4v) is 2.13. The van der Waals surface area contributed by atoms with Gasteiger partial charge in [0.15, 0.2) is 0 Å². The summed E-state index contributed by atoms with van der Waals surface area (Å²) in [4.78, 5) is 2.58. The molecule has 0 aromatic rings. The first kappa shape index (κ1) is 12.9. The number of nitrogens with one attached hydrogen (secondary N) is 1. The smallest absolute Gasteiger partial charge is 0.0491 e. The van der Waals surface area contributed by atoms with Gasteiger partial charge in [-0.1, -0.05) is 0 Å². The molecule has 1 rings (SSSR count). The Hall–Kier alpha value is -0.120. The van der Waals surface area contributed by atoms with Crippen LogP contribution in [-0.4, -0.2) is 51.3 Å². The molecule has 15 heavy (non-hydrogen) atoms. The Morgan fingerprint density at radius 1 is 1.40 bits per heavy atom. The van der Waals surface area contributed by atoms with Crippen LogP contribution < -0.4 is 5.32 Å². The normalized spacial score (nSPS) is 21.8. The minimum atomic E-state index is 0.640. The van der Waals surface area contributed by atoms with Crippen molar-refractivity contribution < 1.29 is 4.74 Å². The van der Waals surface area contributed by atoms with Gasteiger partial charge in [-0.25, -0.2) is 0 Å². The third-order valence-corrected chi connectivity index (χ3v) is 3.48. The maximum Gasteiger partial charge on any atom is 0.0491 e. The molecule has 1 saturated heterocycles. The van der Waals surface area contributed by atoms with E-state index in [1.165, 1.54) is 38.9 Å². The van der Waals surface area contributed by atoms with Crippen LogP contribution in [0.4, 0.5) is 0 Å².